The molecule has 0 atom stereocenters. The van der Waals surface area contributed by atoms with E-state index in [9.17, 15) is 0 Å². The Hall–Kier alpha value is -1.44. The Morgan fingerprint density at radius 3 is 1.67 bits per heavy atom. The molecular weight excluding hydrogens is 148 g/mol. The average molecular weight is 154 g/mol. The summed E-state index contributed by atoms with van der Waals surface area (Å²) in [4.78, 5) is 8.17. The minimum absolute atomic E-state index is 0.544. The molecule has 0 spiro atoms. The van der Waals surface area contributed by atoms with Crippen LogP contribution in [0.5, 0.6) is 0 Å². The predicted octanol–water partition coefficient (Wildman–Crippen LogP) is 1.75. The molecule has 12 heavy (non-hydrogen) atoms. The third kappa shape index (κ3) is 1.05. The van der Waals surface area contributed by atoms with Crippen LogP contribution in [-0.2, 0) is 0 Å². The van der Waals surface area contributed by atoms with E-state index in [1.54, 1.807) is 24.5 Å². The number of hydrogen-bond donors (Lipinski definition) is 0. The molecule has 2 nitrogen and oxygen atoms in total. The first kappa shape index (κ1) is 7.22. The zero-order valence-electron chi connectivity index (χ0n) is 6.36. The van der Waals surface area contributed by atoms with Crippen molar-refractivity contribution in [1.29, 1.82) is 0 Å². The van der Waals surface area contributed by atoms with E-state index in [1.165, 1.54) is 0 Å². The van der Waals surface area contributed by atoms with E-state index in [0.717, 1.165) is 11.0 Å². The summed E-state index contributed by atoms with van der Waals surface area (Å²) >= 11 is 0. The van der Waals surface area contributed by atoms with E-state index in [-0.39, 0.29) is 0 Å². The topological polar surface area (TPSA) is 25.8 Å². The molecular formula is C10H6N2. The minimum Gasteiger partial charge on any atom is -0.253 e. The van der Waals surface area contributed by atoms with Crippen LogP contribution >= 0.6 is 0 Å². The Morgan fingerprint density at radius 1 is 0.833 bits per heavy atom. The highest BCUT2D eigenvalue weighted by Crippen LogP contribution is 2.14. The molecule has 0 aliphatic heterocycles. The van der Waals surface area contributed by atoms with Crippen molar-refractivity contribution < 1.29 is 0 Å². The van der Waals surface area contributed by atoms with Crippen LogP contribution in [0.15, 0.2) is 24.5 Å². The standard InChI is InChI=1S/C10H6N2/c1-7-5-9-10(6-8(7)2)12-4-3-11-9/h1-6H. The Balaban J connectivity index is 2.84. The molecule has 56 valence electrons. The van der Waals surface area contributed by atoms with Crippen molar-refractivity contribution in [2.24, 2.45) is 0 Å². The monoisotopic (exact) mass is 154 g/mol. The molecule has 1 aromatic heterocycles. The first-order valence-electron chi connectivity index (χ1n) is 3.53. The molecule has 0 saturated heterocycles. The molecule has 0 N–H and O–H groups in total. The number of benzene rings is 1. The minimum atomic E-state index is 0.544. The van der Waals surface area contributed by atoms with Gasteiger partial charge in [0, 0.05) is 12.4 Å². The first-order valence-corrected chi connectivity index (χ1v) is 3.53. The van der Waals surface area contributed by atoms with Crippen LogP contribution in [0, 0.1) is 13.8 Å². The van der Waals surface area contributed by atoms with Crippen molar-refractivity contribution in [2.45, 2.75) is 0 Å². The van der Waals surface area contributed by atoms with Crippen LogP contribution in [0.2, 0.25) is 0 Å². The average Bonchev–Trinajstić information content (AvgIpc) is 2.07. The summed E-state index contributed by atoms with van der Waals surface area (Å²) in [5.74, 6) is 0. The lowest BCUT2D eigenvalue weighted by molar-refractivity contribution is 1.29. The number of fused-ring (bicyclic) bond motifs is 1. The fraction of sp³-hybridized carbons (Fsp3) is 0. The van der Waals surface area contributed by atoms with Gasteiger partial charge in [-0.1, -0.05) is 0 Å². The van der Waals surface area contributed by atoms with Gasteiger partial charge < -0.3 is 0 Å². The first-order chi connectivity index (χ1) is 5.77. The third-order valence-electron chi connectivity index (χ3n) is 1.67. The van der Waals surface area contributed by atoms with Crippen molar-refractivity contribution in [1.82, 2.24) is 9.97 Å². The van der Waals surface area contributed by atoms with E-state index in [1.807, 2.05) is 0 Å². The van der Waals surface area contributed by atoms with Gasteiger partial charge in [-0.3, -0.25) is 9.97 Å². The van der Waals surface area contributed by atoms with E-state index < -0.39 is 0 Å². The summed E-state index contributed by atoms with van der Waals surface area (Å²) in [7, 11) is 0. The Labute approximate surface area is 71.3 Å². The molecule has 0 aliphatic rings. The van der Waals surface area contributed by atoms with Gasteiger partial charge in [-0.2, -0.15) is 0 Å². The zero-order valence-corrected chi connectivity index (χ0v) is 6.36. The molecule has 2 heteroatoms. The van der Waals surface area contributed by atoms with Gasteiger partial charge in [0.2, 0.25) is 0 Å². The highest BCUT2D eigenvalue weighted by atomic mass is 14.8. The lowest BCUT2D eigenvalue weighted by Crippen LogP contribution is -1.86. The van der Waals surface area contributed by atoms with Crippen LogP contribution < -0.4 is 0 Å². The lowest BCUT2D eigenvalue weighted by Gasteiger charge is -2.00. The maximum absolute atomic E-state index is 5.59. The fourth-order valence-electron chi connectivity index (χ4n) is 1.04. The van der Waals surface area contributed by atoms with Crippen molar-refractivity contribution in [3.63, 3.8) is 0 Å². The van der Waals surface area contributed by atoms with Gasteiger partial charge >= 0.3 is 0 Å². The van der Waals surface area contributed by atoms with Crippen molar-refractivity contribution in [3.05, 3.63) is 49.5 Å². The van der Waals surface area contributed by atoms with Crippen LogP contribution in [0.3, 0.4) is 0 Å². The van der Waals surface area contributed by atoms with Gasteiger partial charge in [0.25, 0.3) is 0 Å². The Bertz CT molecular complexity index is 381. The van der Waals surface area contributed by atoms with Crippen LogP contribution in [-0.4, -0.2) is 9.97 Å². The van der Waals surface area contributed by atoms with E-state index >= 15 is 0 Å². The molecule has 0 saturated carbocycles. The van der Waals surface area contributed by atoms with Crippen molar-refractivity contribution in [2.75, 3.05) is 0 Å². The molecule has 0 bridgehead atoms. The number of nitrogens with zero attached hydrogens (tertiary/aromatic N) is 2. The second-order valence-electron chi connectivity index (χ2n) is 2.53. The maximum Gasteiger partial charge on any atom is 0.0889 e. The maximum atomic E-state index is 5.59. The molecule has 2 rings (SSSR count). The van der Waals surface area contributed by atoms with Crippen LogP contribution in [0.4, 0.5) is 0 Å². The predicted molar refractivity (Wildman–Crippen MR) is 46.3 cm³/mol. The van der Waals surface area contributed by atoms with Gasteiger partial charge in [-0.25, -0.2) is 0 Å². The molecule has 0 fully saturated rings. The summed E-state index contributed by atoms with van der Waals surface area (Å²) in [6.45, 7) is 11.2. The van der Waals surface area contributed by atoms with Gasteiger partial charge in [-0.05, 0) is 37.1 Å². The summed E-state index contributed by atoms with van der Waals surface area (Å²) in [5, 5.41) is 0. The summed E-state index contributed by atoms with van der Waals surface area (Å²) in [5.41, 5.74) is 2.62. The number of aromatic nitrogens is 2. The van der Waals surface area contributed by atoms with E-state index in [4.69, 9.17) is 13.8 Å². The van der Waals surface area contributed by atoms with Gasteiger partial charge in [0.15, 0.2) is 0 Å². The van der Waals surface area contributed by atoms with Crippen molar-refractivity contribution in [3.8, 4) is 0 Å². The smallest absolute Gasteiger partial charge is 0.0889 e. The summed E-state index contributed by atoms with van der Waals surface area (Å²) in [6.07, 6.45) is 3.25. The Kier molecular flexibility index (Phi) is 1.54. The molecule has 0 amide bonds. The van der Waals surface area contributed by atoms with Gasteiger partial charge in [0.1, 0.15) is 0 Å². The van der Waals surface area contributed by atoms with Crippen LogP contribution in [0.1, 0.15) is 11.1 Å². The molecule has 4 radical (unpaired) electrons. The quantitative estimate of drug-likeness (QED) is 0.577. The molecule has 0 aliphatic carbocycles. The lowest BCUT2D eigenvalue weighted by atomic mass is 10.1. The highest BCUT2D eigenvalue weighted by molar-refractivity contribution is 5.76. The molecule has 0 unspecified atom stereocenters. The largest absolute Gasteiger partial charge is 0.253 e. The third-order valence-corrected chi connectivity index (χ3v) is 1.67. The van der Waals surface area contributed by atoms with E-state index in [0.29, 0.717) is 11.1 Å². The van der Waals surface area contributed by atoms with E-state index in [2.05, 4.69) is 9.97 Å². The number of hydrogen-bond acceptors (Lipinski definition) is 2. The highest BCUT2D eigenvalue weighted by Gasteiger charge is 1.98. The fourth-order valence-corrected chi connectivity index (χ4v) is 1.04. The second-order valence-corrected chi connectivity index (χ2v) is 2.53. The van der Waals surface area contributed by atoms with Crippen LogP contribution in [0.25, 0.3) is 11.0 Å². The van der Waals surface area contributed by atoms with Crippen molar-refractivity contribution >= 4 is 11.0 Å². The zero-order chi connectivity index (χ0) is 8.55. The number of rotatable bonds is 0. The molecule has 1 aromatic carbocycles. The van der Waals surface area contributed by atoms with Gasteiger partial charge in [-0.15, -0.1) is 0 Å². The second kappa shape index (κ2) is 2.55. The normalized spacial score (nSPS) is 10.5. The SMILES string of the molecule is [CH]c1cc2nccnc2cc1[CH]. The Morgan fingerprint density at radius 2 is 1.25 bits per heavy atom. The molecule has 1 heterocycles. The summed E-state index contributed by atoms with van der Waals surface area (Å²) in [6, 6.07) is 3.44. The summed E-state index contributed by atoms with van der Waals surface area (Å²) < 4.78 is 0. The van der Waals surface area contributed by atoms with Gasteiger partial charge in [0.05, 0.1) is 11.0 Å². The molecule has 2 aromatic rings.